The molecule has 2 heteroatoms. The summed E-state index contributed by atoms with van der Waals surface area (Å²) < 4.78 is 5.77. The van der Waals surface area contributed by atoms with Crippen LogP contribution in [0.25, 0.3) is 0 Å². The molecule has 1 aliphatic heterocycles. The van der Waals surface area contributed by atoms with Gasteiger partial charge in [0.05, 0.1) is 11.7 Å². The second-order valence-corrected chi connectivity index (χ2v) is 5.50. The summed E-state index contributed by atoms with van der Waals surface area (Å²) >= 11 is 0. The molecule has 1 saturated heterocycles. The fraction of sp³-hybridized carbons (Fsp3) is 1.00. The van der Waals surface area contributed by atoms with Crippen LogP contribution in [-0.2, 0) is 4.74 Å². The number of hydrogen-bond donors (Lipinski definition) is 1. The van der Waals surface area contributed by atoms with E-state index in [-0.39, 0.29) is 5.60 Å². The van der Waals surface area contributed by atoms with Gasteiger partial charge in [-0.1, -0.05) is 20.3 Å². The molecule has 1 heterocycles. The molecule has 2 fully saturated rings. The Morgan fingerprint density at radius 1 is 1.47 bits per heavy atom. The van der Waals surface area contributed by atoms with Gasteiger partial charge in [-0.2, -0.15) is 0 Å². The van der Waals surface area contributed by atoms with Crippen LogP contribution >= 0.6 is 0 Å². The van der Waals surface area contributed by atoms with Crippen LogP contribution in [0.3, 0.4) is 0 Å². The van der Waals surface area contributed by atoms with Crippen LogP contribution in [-0.4, -0.2) is 23.4 Å². The van der Waals surface area contributed by atoms with Gasteiger partial charge in [-0.3, -0.25) is 0 Å². The van der Waals surface area contributed by atoms with E-state index < -0.39 is 0 Å². The van der Waals surface area contributed by atoms with Crippen molar-refractivity contribution in [1.82, 2.24) is 0 Å². The lowest BCUT2D eigenvalue weighted by Crippen LogP contribution is -2.30. The number of hydrogen-bond acceptors (Lipinski definition) is 2. The molecule has 2 unspecified atom stereocenters. The zero-order chi connectivity index (χ0) is 10.9. The van der Waals surface area contributed by atoms with Crippen LogP contribution in [0.15, 0.2) is 0 Å². The fourth-order valence-corrected chi connectivity index (χ4v) is 3.05. The number of rotatable bonds is 4. The Morgan fingerprint density at radius 2 is 2.27 bits per heavy atom. The van der Waals surface area contributed by atoms with Gasteiger partial charge in [0, 0.05) is 6.61 Å². The Bertz CT molecular complexity index is 211. The molecule has 0 radical (unpaired) electrons. The molecule has 1 saturated carbocycles. The minimum atomic E-state index is -0.338. The van der Waals surface area contributed by atoms with Gasteiger partial charge in [0.1, 0.15) is 0 Å². The molecular weight excluding hydrogens is 188 g/mol. The van der Waals surface area contributed by atoms with E-state index in [9.17, 15) is 5.11 Å². The normalized spacial score (nSPS) is 42.6. The molecule has 0 aromatic heterocycles. The standard InChI is InChI=1S/C13H24O2/c1-3-11-9-13(11,14)8-10(2)12-6-4-5-7-15-12/h10-12,14H,3-9H2,1-2H3/t10?,11-,12?,13-/m1/s1. The molecular formula is C13H24O2. The quantitative estimate of drug-likeness (QED) is 0.776. The molecule has 0 bridgehead atoms. The molecule has 15 heavy (non-hydrogen) atoms. The first-order valence-electron chi connectivity index (χ1n) is 6.49. The zero-order valence-electron chi connectivity index (χ0n) is 10.0. The van der Waals surface area contributed by atoms with Crippen LogP contribution in [0.1, 0.15) is 52.4 Å². The van der Waals surface area contributed by atoms with Gasteiger partial charge in [-0.25, -0.2) is 0 Å². The van der Waals surface area contributed by atoms with E-state index >= 15 is 0 Å². The van der Waals surface area contributed by atoms with Crippen molar-refractivity contribution in [1.29, 1.82) is 0 Å². The number of aliphatic hydroxyl groups is 1. The summed E-state index contributed by atoms with van der Waals surface area (Å²) in [5.74, 6) is 1.08. The summed E-state index contributed by atoms with van der Waals surface area (Å²) in [6, 6.07) is 0. The van der Waals surface area contributed by atoms with E-state index in [0.29, 0.717) is 17.9 Å². The van der Waals surface area contributed by atoms with E-state index in [1.807, 2.05) is 0 Å². The first-order valence-corrected chi connectivity index (χ1v) is 6.49. The van der Waals surface area contributed by atoms with Crippen LogP contribution < -0.4 is 0 Å². The lowest BCUT2D eigenvalue weighted by Gasteiger charge is -2.29. The molecule has 4 atom stereocenters. The minimum absolute atomic E-state index is 0.338. The van der Waals surface area contributed by atoms with E-state index in [4.69, 9.17) is 4.74 Å². The summed E-state index contributed by atoms with van der Waals surface area (Å²) in [6.07, 6.45) is 7.18. The maximum atomic E-state index is 10.2. The third kappa shape index (κ3) is 2.54. The third-order valence-corrected chi connectivity index (χ3v) is 4.22. The van der Waals surface area contributed by atoms with Crippen LogP contribution in [0.4, 0.5) is 0 Å². The first-order chi connectivity index (χ1) is 7.15. The van der Waals surface area contributed by atoms with Crippen molar-refractivity contribution < 1.29 is 9.84 Å². The smallest absolute Gasteiger partial charge is 0.0684 e. The molecule has 0 spiro atoms. The fourth-order valence-electron chi connectivity index (χ4n) is 3.05. The summed E-state index contributed by atoms with van der Waals surface area (Å²) in [7, 11) is 0. The Hall–Kier alpha value is -0.0800. The Balaban J connectivity index is 1.79. The molecule has 2 rings (SSSR count). The summed E-state index contributed by atoms with van der Waals surface area (Å²) in [4.78, 5) is 0. The minimum Gasteiger partial charge on any atom is -0.390 e. The average molecular weight is 212 g/mol. The van der Waals surface area contributed by atoms with Crippen molar-refractivity contribution in [2.75, 3.05) is 6.61 Å². The average Bonchev–Trinajstić information content (AvgIpc) is 2.90. The molecule has 2 aliphatic rings. The maximum Gasteiger partial charge on any atom is 0.0684 e. The van der Waals surface area contributed by atoms with Gasteiger partial charge in [-0.15, -0.1) is 0 Å². The second kappa shape index (κ2) is 4.42. The summed E-state index contributed by atoms with van der Waals surface area (Å²) in [6.45, 7) is 5.33. The van der Waals surface area contributed by atoms with Gasteiger partial charge >= 0.3 is 0 Å². The first kappa shape index (κ1) is 11.4. The maximum absolute atomic E-state index is 10.2. The van der Waals surface area contributed by atoms with E-state index in [1.165, 1.54) is 19.3 Å². The van der Waals surface area contributed by atoms with Gasteiger partial charge in [-0.05, 0) is 43.9 Å². The Morgan fingerprint density at radius 3 is 2.80 bits per heavy atom. The lowest BCUT2D eigenvalue weighted by atomic mass is 9.90. The van der Waals surface area contributed by atoms with Crippen molar-refractivity contribution >= 4 is 0 Å². The summed E-state index contributed by atoms with van der Waals surface area (Å²) in [5, 5.41) is 10.2. The lowest BCUT2D eigenvalue weighted by molar-refractivity contribution is -0.0338. The highest BCUT2D eigenvalue weighted by atomic mass is 16.5. The van der Waals surface area contributed by atoms with Gasteiger partial charge in [0.25, 0.3) is 0 Å². The van der Waals surface area contributed by atoms with E-state index in [0.717, 1.165) is 25.9 Å². The topological polar surface area (TPSA) is 29.5 Å². The van der Waals surface area contributed by atoms with Crippen LogP contribution in [0, 0.1) is 11.8 Å². The van der Waals surface area contributed by atoms with Gasteiger partial charge < -0.3 is 9.84 Å². The third-order valence-electron chi connectivity index (χ3n) is 4.22. The van der Waals surface area contributed by atoms with Crippen LogP contribution in [0.2, 0.25) is 0 Å². The molecule has 2 nitrogen and oxygen atoms in total. The van der Waals surface area contributed by atoms with Crippen LogP contribution in [0.5, 0.6) is 0 Å². The highest BCUT2D eigenvalue weighted by Crippen LogP contribution is 2.50. The van der Waals surface area contributed by atoms with E-state index in [1.54, 1.807) is 0 Å². The van der Waals surface area contributed by atoms with Crippen molar-refractivity contribution in [2.45, 2.75) is 64.1 Å². The van der Waals surface area contributed by atoms with Gasteiger partial charge in [0.2, 0.25) is 0 Å². The zero-order valence-corrected chi connectivity index (χ0v) is 10.0. The second-order valence-electron chi connectivity index (χ2n) is 5.50. The predicted octanol–water partition coefficient (Wildman–Crippen LogP) is 2.74. The van der Waals surface area contributed by atoms with Gasteiger partial charge in [0.15, 0.2) is 0 Å². The molecule has 88 valence electrons. The molecule has 1 N–H and O–H groups in total. The molecule has 1 aliphatic carbocycles. The summed E-state index contributed by atoms with van der Waals surface area (Å²) in [5.41, 5.74) is -0.338. The van der Waals surface area contributed by atoms with Crippen molar-refractivity contribution in [3.8, 4) is 0 Å². The van der Waals surface area contributed by atoms with E-state index in [2.05, 4.69) is 13.8 Å². The molecule has 0 amide bonds. The molecule has 0 aromatic carbocycles. The SMILES string of the molecule is CC[C@@H]1C[C@]1(O)CC(C)C1CCCCO1. The Labute approximate surface area is 93.0 Å². The predicted molar refractivity (Wildman–Crippen MR) is 60.7 cm³/mol. The molecule has 0 aromatic rings. The Kier molecular flexibility index (Phi) is 3.36. The number of ether oxygens (including phenoxy) is 1. The van der Waals surface area contributed by atoms with Crippen molar-refractivity contribution in [3.63, 3.8) is 0 Å². The van der Waals surface area contributed by atoms with Crippen molar-refractivity contribution in [3.05, 3.63) is 0 Å². The monoisotopic (exact) mass is 212 g/mol. The highest BCUT2D eigenvalue weighted by Gasteiger charge is 2.52. The largest absolute Gasteiger partial charge is 0.390 e. The van der Waals surface area contributed by atoms with Crippen molar-refractivity contribution in [2.24, 2.45) is 11.8 Å². The highest BCUT2D eigenvalue weighted by molar-refractivity contribution is 5.03.